The van der Waals surface area contributed by atoms with Gasteiger partial charge >= 0.3 is 0 Å². The number of benzene rings is 1. The van der Waals surface area contributed by atoms with Crippen molar-refractivity contribution in [3.05, 3.63) is 42.0 Å². The number of aromatic amines is 1. The standard InChI is InChI=1S/C27H38FN7O2/c1-5-27(3,6-2)23-17-24(34-33-23)31-25-20(28)18-29-26(32-25)30-19-10-11-21(36-4)22(16-19)37-15-14-35-12-8-7-9-13-35/h10-11,16-18H,5-9,12-15H2,1-4H3,(H3,29,30,31,32,33,34). The van der Waals surface area contributed by atoms with Crippen LogP contribution in [0.3, 0.4) is 0 Å². The zero-order valence-electron chi connectivity index (χ0n) is 22.2. The quantitative estimate of drug-likeness (QED) is 0.282. The van der Waals surface area contributed by atoms with Gasteiger partial charge in [0.25, 0.3) is 0 Å². The molecule has 4 rings (SSSR count). The maximum Gasteiger partial charge on any atom is 0.229 e. The predicted molar refractivity (Wildman–Crippen MR) is 144 cm³/mol. The third-order valence-corrected chi connectivity index (χ3v) is 7.31. The molecule has 3 N–H and O–H groups in total. The first-order chi connectivity index (χ1) is 17.9. The number of anilines is 4. The van der Waals surface area contributed by atoms with Crippen LogP contribution >= 0.6 is 0 Å². The molecule has 1 saturated heterocycles. The number of ether oxygens (including phenoxy) is 2. The molecule has 0 aliphatic carbocycles. The number of H-pyrrole nitrogens is 1. The smallest absolute Gasteiger partial charge is 0.229 e. The van der Waals surface area contributed by atoms with Gasteiger partial charge in [-0.15, -0.1) is 0 Å². The first-order valence-corrected chi connectivity index (χ1v) is 13.1. The van der Waals surface area contributed by atoms with E-state index in [1.807, 2.05) is 24.3 Å². The lowest BCUT2D eigenvalue weighted by molar-refractivity contribution is 0.180. The average Bonchev–Trinajstić information content (AvgIpc) is 3.40. The third-order valence-electron chi connectivity index (χ3n) is 7.31. The average molecular weight is 512 g/mol. The van der Waals surface area contributed by atoms with Crippen molar-refractivity contribution in [2.45, 2.75) is 58.3 Å². The van der Waals surface area contributed by atoms with Crippen LogP contribution in [0.25, 0.3) is 0 Å². The number of aromatic nitrogens is 4. The van der Waals surface area contributed by atoms with Gasteiger partial charge in [0, 0.05) is 35.5 Å². The van der Waals surface area contributed by atoms with Crippen LogP contribution in [0.15, 0.2) is 30.5 Å². The lowest BCUT2D eigenvalue weighted by Gasteiger charge is -2.26. The fourth-order valence-electron chi connectivity index (χ4n) is 4.43. The molecule has 0 saturated carbocycles. The second-order valence-corrected chi connectivity index (χ2v) is 9.69. The molecular formula is C27H38FN7O2. The molecule has 3 aromatic rings. The number of likely N-dealkylation sites (tertiary alicyclic amines) is 1. The van der Waals surface area contributed by atoms with Crippen molar-refractivity contribution in [2.24, 2.45) is 0 Å². The number of piperidine rings is 1. The van der Waals surface area contributed by atoms with E-state index in [4.69, 9.17) is 9.47 Å². The SMILES string of the molecule is CCC(C)(CC)c1cc(Nc2nc(Nc3ccc(OC)c(OCCN4CCCCC4)c3)ncc2F)n[nH]1. The largest absolute Gasteiger partial charge is 0.493 e. The van der Waals surface area contributed by atoms with Gasteiger partial charge < -0.3 is 20.1 Å². The predicted octanol–water partition coefficient (Wildman–Crippen LogP) is 5.78. The van der Waals surface area contributed by atoms with Crippen LogP contribution in [-0.4, -0.2) is 58.4 Å². The van der Waals surface area contributed by atoms with Crippen LogP contribution in [0.4, 0.5) is 27.7 Å². The summed E-state index contributed by atoms with van der Waals surface area (Å²) in [4.78, 5) is 10.9. The molecule has 1 aromatic carbocycles. The van der Waals surface area contributed by atoms with Crippen molar-refractivity contribution in [1.29, 1.82) is 0 Å². The molecule has 2 aromatic heterocycles. The Balaban J connectivity index is 1.43. The fraction of sp³-hybridized carbons (Fsp3) is 0.519. The molecule has 0 spiro atoms. The van der Waals surface area contributed by atoms with Crippen molar-refractivity contribution < 1.29 is 13.9 Å². The molecule has 200 valence electrons. The van der Waals surface area contributed by atoms with E-state index in [-0.39, 0.29) is 17.2 Å². The maximum atomic E-state index is 14.5. The van der Waals surface area contributed by atoms with Crippen LogP contribution in [0.2, 0.25) is 0 Å². The Morgan fingerprint density at radius 2 is 1.86 bits per heavy atom. The highest BCUT2D eigenvalue weighted by atomic mass is 19.1. The first-order valence-electron chi connectivity index (χ1n) is 13.1. The molecule has 1 aliphatic heterocycles. The molecule has 0 unspecified atom stereocenters. The van der Waals surface area contributed by atoms with Crippen molar-refractivity contribution in [3.8, 4) is 11.5 Å². The normalized spacial score (nSPS) is 14.4. The number of nitrogens with one attached hydrogen (secondary N) is 3. The van der Waals surface area contributed by atoms with E-state index in [0.717, 1.165) is 44.4 Å². The number of hydrogen-bond donors (Lipinski definition) is 3. The molecule has 1 aliphatic rings. The third kappa shape index (κ3) is 6.68. The second kappa shape index (κ2) is 12.2. The van der Waals surface area contributed by atoms with E-state index in [9.17, 15) is 4.39 Å². The van der Waals surface area contributed by atoms with Gasteiger partial charge in [0.2, 0.25) is 5.95 Å². The maximum absolute atomic E-state index is 14.5. The molecule has 37 heavy (non-hydrogen) atoms. The molecule has 0 bridgehead atoms. The van der Waals surface area contributed by atoms with Crippen LogP contribution in [0.1, 0.15) is 58.6 Å². The lowest BCUT2D eigenvalue weighted by atomic mass is 9.81. The van der Waals surface area contributed by atoms with E-state index >= 15 is 0 Å². The van der Waals surface area contributed by atoms with Crippen LogP contribution in [0.5, 0.6) is 11.5 Å². The second-order valence-electron chi connectivity index (χ2n) is 9.69. The van der Waals surface area contributed by atoms with Crippen molar-refractivity contribution in [1.82, 2.24) is 25.1 Å². The molecule has 3 heterocycles. The summed E-state index contributed by atoms with van der Waals surface area (Å²) in [5, 5.41) is 13.5. The summed E-state index contributed by atoms with van der Waals surface area (Å²) in [5.74, 6) is 1.49. The number of rotatable bonds is 12. The molecule has 0 atom stereocenters. The monoisotopic (exact) mass is 511 g/mol. The van der Waals surface area contributed by atoms with Gasteiger partial charge in [-0.3, -0.25) is 10.00 Å². The van der Waals surface area contributed by atoms with Gasteiger partial charge in [0.15, 0.2) is 29.0 Å². The van der Waals surface area contributed by atoms with E-state index in [2.05, 4.69) is 56.5 Å². The summed E-state index contributed by atoms with van der Waals surface area (Å²) in [5.41, 5.74) is 1.68. The van der Waals surface area contributed by atoms with Crippen molar-refractivity contribution >= 4 is 23.3 Å². The summed E-state index contributed by atoms with van der Waals surface area (Å²) in [7, 11) is 1.62. The number of nitrogens with zero attached hydrogens (tertiary/aromatic N) is 4. The topological polar surface area (TPSA) is 100 Å². The highest BCUT2D eigenvalue weighted by Gasteiger charge is 2.25. The van der Waals surface area contributed by atoms with Gasteiger partial charge in [-0.05, 0) is 50.9 Å². The zero-order valence-corrected chi connectivity index (χ0v) is 22.2. The Bertz CT molecular complexity index is 1160. The Hall–Kier alpha value is -3.40. The highest BCUT2D eigenvalue weighted by molar-refractivity contribution is 5.61. The van der Waals surface area contributed by atoms with Crippen molar-refractivity contribution in [2.75, 3.05) is 44.0 Å². The van der Waals surface area contributed by atoms with Gasteiger partial charge in [-0.2, -0.15) is 10.1 Å². The molecule has 9 nitrogen and oxygen atoms in total. The summed E-state index contributed by atoms with van der Waals surface area (Å²) >= 11 is 0. The van der Waals surface area contributed by atoms with E-state index < -0.39 is 5.82 Å². The van der Waals surface area contributed by atoms with E-state index in [0.29, 0.717) is 29.6 Å². The van der Waals surface area contributed by atoms with E-state index in [1.54, 1.807) is 7.11 Å². The minimum Gasteiger partial charge on any atom is -0.493 e. The highest BCUT2D eigenvalue weighted by Crippen LogP contribution is 2.33. The summed E-state index contributed by atoms with van der Waals surface area (Å²) in [6, 6.07) is 7.40. The Morgan fingerprint density at radius 1 is 1.08 bits per heavy atom. The fourth-order valence-corrected chi connectivity index (χ4v) is 4.43. The van der Waals surface area contributed by atoms with E-state index in [1.165, 1.54) is 19.3 Å². The summed E-state index contributed by atoms with van der Waals surface area (Å²) in [6.07, 6.45) is 6.86. The number of methoxy groups -OCH3 is 1. The van der Waals surface area contributed by atoms with Crippen LogP contribution in [0, 0.1) is 5.82 Å². The molecule has 1 fully saturated rings. The van der Waals surface area contributed by atoms with Gasteiger partial charge in [-0.25, -0.2) is 9.37 Å². The Labute approximate surface area is 218 Å². The van der Waals surface area contributed by atoms with Gasteiger partial charge in [0.05, 0.1) is 13.3 Å². The Kier molecular flexibility index (Phi) is 8.81. The molecule has 10 heteroatoms. The van der Waals surface area contributed by atoms with Crippen LogP contribution < -0.4 is 20.1 Å². The minimum atomic E-state index is -0.569. The van der Waals surface area contributed by atoms with Gasteiger partial charge in [-0.1, -0.05) is 27.2 Å². The molecule has 0 amide bonds. The van der Waals surface area contributed by atoms with Crippen LogP contribution in [-0.2, 0) is 5.41 Å². The summed E-state index contributed by atoms with van der Waals surface area (Å²) < 4.78 is 26.0. The van der Waals surface area contributed by atoms with Crippen molar-refractivity contribution in [3.63, 3.8) is 0 Å². The summed E-state index contributed by atoms with van der Waals surface area (Å²) in [6.45, 7) is 10.2. The number of hydrogen-bond acceptors (Lipinski definition) is 8. The van der Waals surface area contributed by atoms with Gasteiger partial charge in [0.1, 0.15) is 6.61 Å². The molecular weight excluding hydrogens is 473 g/mol. The minimum absolute atomic E-state index is 0.0220. The first kappa shape index (κ1) is 26.7. The lowest BCUT2D eigenvalue weighted by Crippen LogP contribution is -2.33. The number of halogens is 1. The molecule has 0 radical (unpaired) electrons. The Morgan fingerprint density at radius 3 is 2.59 bits per heavy atom. The zero-order chi connectivity index (χ0) is 26.3.